The van der Waals surface area contributed by atoms with E-state index in [9.17, 15) is 14.9 Å². The zero-order chi connectivity index (χ0) is 28.1. The molecule has 1 aliphatic rings. The molecule has 0 radical (unpaired) electrons. The lowest BCUT2D eigenvalue weighted by Crippen LogP contribution is -2.31. The number of allylic oxidation sites excluding steroid dienone is 2. The van der Waals surface area contributed by atoms with Crippen LogP contribution in [0.3, 0.4) is 0 Å². The summed E-state index contributed by atoms with van der Waals surface area (Å²) in [5.74, 6) is -1.16. The number of nitrogens with one attached hydrogen (secondary N) is 3. The van der Waals surface area contributed by atoms with Crippen LogP contribution < -0.4 is 16.0 Å². The second-order valence-corrected chi connectivity index (χ2v) is 10.8. The van der Waals surface area contributed by atoms with Crippen LogP contribution in [0.15, 0.2) is 88.6 Å². The minimum atomic E-state index is -0.709. The number of carbonyl (C=O) groups excluding carboxylic acids is 2. The highest BCUT2D eigenvalue weighted by Crippen LogP contribution is 2.43. The van der Waals surface area contributed by atoms with E-state index in [-0.39, 0.29) is 17.6 Å². The quantitative estimate of drug-likeness (QED) is 0.292. The fourth-order valence-corrected chi connectivity index (χ4v) is 5.77. The Kier molecular flexibility index (Phi) is 8.80. The molecule has 2 amide bonds. The molecule has 4 rings (SSSR count). The number of nitriles is 1. The number of anilines is 2. The summed E-state index contributed by atoms with van der Waals surface area (Å²) in [6, 6.07) is 22.9. The second kappa shape index (κ2) is 12.2. The van der Waals surface area contributed by atoms with Crippen molar-refractivity contribution in [2.75, 3.05) is 16.4 Å². The van der Waals surface area contributed by atoms with Crippen LogP contribution in [0.4, 0.5) is 11.4 Å². The number of thioether (sulfide) groups is 1. The number of halogens is 1. The molecule has 0 fully saturated rings. The molecule has 1 aliphatic heterocycles. The standard InChI is InChI=1S/C31H29ClN4O2S/c1-18-13-19(2)15-22(14-18)35-27(37)17-39-31-24(16-33)29(23-10-6-7-11-25(23)32)28(21(4)34-31)30(38)36-26-12-8-5-9-20(26)3/h5-15,29,34H,17H2,1-4H3,(H,35,37)(H,36,38). The van der Waals surface area contributed by atoms with Gasteiger partial charge in [0.15, 0.2) is 0 Å². The highest BCUT2D eigenvalue weighted by Gasteiger charge is 2.36. The number of para-hydroxylation sites is 1. The maximum absolute atomic E-state index is 13.7. The van der Waals surface area contributed by atoms with Crippen molar-refractivity contribution in [2.24, 2.45) is 0 Å². The molecule has 0 saturated heterocycles. The van der Waals surface area contributed by atoms with Crippen LogP contribution in [0, 0.1) is 32.1 Å². The van der Waals surface area contributed by atoms with Crippen molar-refractivity contribution in [3.8, 4) is 6.07 Å². The summed E-state index contributed by atoms with van der Waals surface area (Å²) in [4.78, 5) is 26.5. The first-order valence-corrected chi connectivity index (χ1v) is 13.8. The van der Waals surface area contributed by atoms with E-state index in [1.54, 1.807) is 19.1 Å². The van der Waals surface area contributed by atoms with Gasteiger partial charge in [-0.25, -0.2) is 0 Å². The van der Waals surface area contributed by atoms with Crippen molar-refractivity contribution in [3.63, 3.8) is 0 Å². The lowest BCUT2D eigenvalue weighted by Gasteiger charge is -2.30. The predicted molar refractivity (Wildman–Crippen MR) is 159 cm³/mol. The van der Waals surface area contributed by atoms with Gasteiger partial charge < -0.3 is 16.0 Å². The van der Waals surface area contributed by atoms with Crippen LogP contribution in [0.25, 0.3) is 0 Å². The normalized spacial score (nSPS) is 14.9. The SMILES string of the molecule is CC1=C(C(=O)Nc2ccccc2C)C(c2ccccc2Cl)C(C#N)=C(SCC(=O)Nc2cc(C)cc(C)c2)N1. The smallest absolute Gasteiger partial charge is 0.254 e. The van der Waals surface area contributed by atoms with Gasteiger partial charge in [0.2, 0.25) is 5.91 Å². The molecule has 0 aromatic heterocycles. The van der Waals surface area contributed by atoms with Gasteiger partial charge in [-0.15, -0.1) is 0 Å². The molecule has 1 atom stereocenters. The molecular weight excluding hydrogens is 528 g/mol. The Morgan fingerprint density at radius 2 is 1.64 bits per heavy atom. The van der Waals surface area contributed by atoms with E-state index in [0.717, 1.165) is 22.4 Å². The Bertz CT molecular complexity index is 1530. The highest BCUT2D eigenvalue weighted by molar-refractivity contribution is 8.03. The van der Waals surface area contributed by atoms with Gasteiger partial charge in [0.25, 0.3) is 5.91 Å². The van der Waals surface area contributed by atoms with Crippen LogP contribution in [0.2, 0.25) is 5.02 Å². The molecule has 198 valence electrons. The summed E-state index contributed by atoms with van der Waals surface area (Å²) in [5.41, 5.74) is 6.40. The summed E-state index contributed by atoms with van der Waals surface area (Å²) in [6.45, 7) is 7.66. The molecule has 8 heteroatoms. The number of carbonyl (C=O) groups is 2. The third kappa shape index (κ3) is 6.54. The fourth-order valence-electron chi connectivity index (χ4n) is 4.63. The highest BCUT2D eigenvalue weighted by atomic mass is 35.5. The molecule has 0 aliphatic carbocycles. The van der Waals surface area contributed by atoms with E-state index in [0.29, 0.717) is 38.1 Å². The Morgan fingerprint density at radius 1 is 0.974 bits per heavy atom. The van der Waals surface area contributed by atoms with E-state index < -0.39 is 5.92 Å². The number of hydrogen-bond acceptors (Lipinski definition) is 5. The first-order valence-electron chi connectivity index (χ1n) is 12.4. The Hall–Kier alpha value is -3.99. The summed E-state index contributed by atoms with van der Waals surface area (Å²) in [6.07, 6.45) is 0. The van der Waals surface area contributed by atoms with Crippen LogP contribution in [0.1, 0.15) is 35.1 Å². The van der Waals surface area contributed by atoms with Gasteiger partial charge in [0.1, 0.15) is 0 Å². The lowest BCUT2D eigenvalue weighted by molar-refractivity contribution is -0.114. The number of amides is 2. The van der Waals surface area contributed by atoms with Crippen molar-refractivity contribution >= 4 is 46.6 Å². The molecule has 0 saturated carbocycles. The average molecular weight is 557 g/mol. The minimum Gasteiger partial charge on any atom is -0.353 e. The van der Waals surface area contributed by atoms with Gasteiger partial charge in [0.05, 0.1) is 28.3 Å². The van der Waals surface area contributed by atoms with E-state index in [2.05, 4.69) is 22.0 Å². The number of hydrogen-bond donors (Lipinski definition) is 3. The third-order valence-electron chi connectivity index (χ3n) is 6.35. The van der Waals surface area contributed by atoms with Gasteiger partial charge in [0, 0.05) is 27.7 Å². The molecule has 0 bridgehead atoms. The van der Waals surface area contributed by atoms with Crippen molar-refractivity contribution in [1.82, 2.24) is 5.32 Å². The first kappa shape index (κ1) is 28.0. The fraction of sp³-hybridized carbons (Fsp3) is 0.194. The van der Waals surface area contributed by atoms with Gasteiger partial charge in [-0.05, 0) is 74.2 Å². The monoisotopic (exact) mass is 556 g/mol. The zero-order valence-corrected chi connectivity index (χ0v) is 23.8. The summed E-state index contributed by atoms with van der Waals surface area (Å²) in [5, 5.41) is 20.4. The largest absolute Gasteiger partial charge is 0.353 e. The number of nitrogens with zero attached hydrogens (tertiary/aromatic N) is 1. The molecule has 3 aromatic carbocycles. The molecule has 1 heterocycles. The topological polar surface area (TPSA) is 94.0 Å². The average Bonchev–Trinajstić information content (AvgIpc) is 2.88. The molecule has 3 aromatic rings. The van der Waals surface area contributed by atoms with E-state index in [4.69, 9.17) is 11.6 Å². The lowest BCUT2D eigenvalue weighted by atomic mass is 9.82. The maximum atomic E-state index is 13.7. The van der Waals surface area contributed by atoms with Gasteiger partial charge >= 0.3 is 0 Å². The number of dihydropyridines is 1. The van der Waals surface area contributed by atoms with Crippen molar-refractivity contribution in [2.45, 2.75) is 33.6 Å². The molecule has 39 heavy (non-hydrogen) atoms. The van der Waals surface area contributed by atoms with Crippen molar-refractivity contribution < 1.29 is 9.59 Å². The van der Waals surface area contributed by atoms with Crippen LogP contribution in [-0.2, 0) is 9.59 Å². The predicted octanol–water partition coefficient (Wildman–Crippen LogP) is 6.97. The Morgan fingerprint density at radius 3 is 2.31 bits per heavy atom. The maximum Gasteiger partial charge on any atom is 0.254 e. The number of benzene rings is 3. The van der Waals surface area contributed by atoms with E-state index in [1.165, 1.54) is 11.8 Å². The number of rotatable bonds is 7. The van der Waals surface area contributed by atoms with E-state index >= 15 is 0 Å². The first-order chi connectivity index (χ1) is 18.7. The van der Waals surface area contributed by atoms with Crippen LogP contribution in [0.5, 0.6) is 0 Å². The summed E-state index contributed by atoms with van der Waals surface area (Å²) < 4.78 is 0. The van der Waals surface area contributed by atoms with Crippen LogP contribution >= 0.6 is 23.4 Å². The van der Waals surface area contributed by atoms with Gasteiger partial charge in [-0.2, -0.15) is 5.26 Å². The van der Waals surface area contributed by atoms with Crippen LogP contribution in [-0.4, -0.2) is 17.6 Å². The molecule has 6 nitrogen and oxygen atoms in total. The van der Waals surface area contributed by atoms with E-state index in [1.807, 2.05) is 75.4 Å². The summed E-state index contributed by atoms with van der Waals surface area (Å²) in [7, 11) is 0. The summed E-state index contributed by atoms with van der Waals surface area (Å²) >= 11 is 7.82. The Balaban J connectivity index is 1.65. The molecule has 1 unspecified atom stereocenters. The zero-order valence-electron chi connectivity index (χ0n) is 22.2. The van der Waals surface area contributed by atoms with Gasteiger partial charge in [-0.1, -0.05) is 65.8 Å². The molecular formula is C31H29ClN4O2S. The van der Waals surface area contributed by atoms with Crippen molar-refractivity contribution in [1.29, 1.82) is 5.26 Å². The minimum absolute atomic E-state index is 0.0771. The van der Waals surface area contributed by atoms with Crippen molar-refractivity contribution in [3.05, 3.63) is 116 Å². The Labute approximate surface area is 238 Å². The molecule has 0 spiro atoms. The second-order valence-electron chi connectivity index (χ2n) is 9.46. The number of aryl methyl sites for hydroxylation is 3. The van der Waals surface area contributed by atoms with Gasteiger partial charge in [-0.3, -0.25) is 9.59 Å². The third-order valence-corrected chi connectivity index (χ3v) is 7.72. The molecule has 3 N–H and O–H groups in total.